The molecule has 0 saturated heterocycles. The van der Waals surface area contributed by atoms with E-state index in [-0.39, 0.29) is 0 Å². The van der Waals surface area contributed by atoms with E-state index in [2.05, 4.69) is 60.8 Å². The third kappa shape index (κ3) is 4.55. The number of unbranched alkanes of at least 4 members (excludes halogenated alkanes) is 1. The van der Waals surface area contributed by atoms with Crippen LogP contribution in [0.4, 0.5) is 11.4 Å². The molecule has 1 aromatic carbocycles. The second-order valence-corrected chi connectivity index (χ2v) is 6.15. The van der Waals surface area contributed by atoms with Gasteiger partial charge in [-0.15, -0.1) is 0 Å². The Morgan fingerprint density at radius 1 is 1.13 bits per heavy atom. The number of hydrogen-bond donors (Lipinski definition) is 2. The number of benzene rings is 1. The van der Waals surface area contributed by atoms with E-state index in [1.165, 1.54) is 18.4 Å². The molecule has 23 heavy (non-hydrogen) atoms. The van der Waals surface area contributed by atoms with Gasteiger partial charge in [0.25, 0.3) is 0 Å². The number of nitrogens with zero attached hydrogens (tertiary/aromatic N) is 2. The minimum Gasteiger partial charge on any atom is -0.332 e. The maximum atomic E-state index is 5.43. The highest BCUT2D eigenvalue weighted by Gasteiger charge is 2.11. The second-order valence-electron chi connectivity index (χ2n) is 5.74. The van der Waals surface area contributed by atoms with Gasteiger partial charge in [-0.25, -0.2) is 0 Å². The Balaban J connectivity index is 1.98. The van der Waals surface area contributed by atoms with Crippen LogP contribution in [0.1, 0.15) is 43.6 Å². The van der Waals surface area contributed by atoms with Gasteiger partial charge in [-0.05, 0) is 63.5 Å². The molecule has 5 heteroatoms. The molecule has 0 bridgehead atoms. The van der Waals surface area contributed by atoms with Crippen molar-refractivity contribution in [1.29, 1.82) is 0 Å². The van der Waals surface area contributed by atoms with Crippen LogP contribution < -0.4 is 10.6 Å². The molecule has 0 amide bonds. The monoisotopic (exact) mass is 330 g/mol. The lowest BCUT2D eigenvalue weighted by Crippen LogP contribution is -2.20. The molecule has 0 fully saturated rings. The molecular formula is C18H26N4S. The molecule has 0 spiro atoms. The van der Waals surface area contributed by atoms with E-state index in [1.54, 1.807) is 0 Å². The summed E-state index contributed by atoms with van der Waals surface area (Å²) in [5.74, 6) is 0. The van der Waals surface area contributed by atoms with Gasteiger partial charge in [0.2, 0.25) is 0 Å². The summed E-state index contributed by atoms with van der Waals surface area (Å²) < 4.78 is 1.98. The summed E-state index contributed by atoms with van der Waals surface area (Å²) in [5.41, 5.74) is 5.42. The minimum atomic E-state index is 0.591. The van der Waals surface area contributed by atoms with Crippen molar-refractivity contribution in [2.75, 3.05) is 10.6 Å². The molecule has 0 aliphatic rings. The zero-order valence-electron chi connectivity index (χ0n) is 14.4. The number of aromatic nitrogens is 2. The van der Waals surface area contributed by atoms with Crippen LogP contribution in [0.15, 0.2) is 24.3 Å². The van der Waals surface area contributed by atoms with Crippen molar-refractivity contribution in [3.05, 3.63) is 41.2 Å². The summed E-state index contributed by atoms with van der Waals surface area (Å²) in [6.07, 6.45) is 3.58. The highest BCUT2D eigenvalue weighted by Crippen LogP contribution is 2.20. The van der Waals surface area contributed by atoms with Gasteiger partial charge in [0.15, 0.2) is 5.11 Å². The van der Waals surface area contributed by atoms with E-state index in [4.69, 9.17) is 12.2 Å². The molecule has 4 nitrogen and oxygen atoms in total. The maximum Gasteiger partial charge on any atom is 0.175 e. The Morgan fingerprint density at radius 2 is 1.83 bits per heavy atom. The molecule has 0 unspecified atom stereocenters. The maximum absolute atomic E-state index is 5.43. The van der Waals surface area contributed by atoms with Crippen LogP contribution in [0.25, 0.3) is 0 Å². The van der Waals surface area contributed by atoms with Crippen molar-refractivity contribution >= 4 is 28.7 Å². The molecule has 0 aliphatic heterocycles. The molecule has 0 radical (unpaired) electrons. The van der Waals surface area contributed by atoms with E-state index in [1.807, 2.05) is 11.6 Å². The third-order valence-electron chi connectivity index (χ3n) is 3.95. The highest BCUT2D eigenvalue weighted by atomic mass is 32.1. The van der Waals surface area contributed by atoms with E-state index < -0.39 is 0 Å². The van der Waals surface area contributed by atoms with E-state index >= 15 is 0 Å². The first kappa shape index (κ1) is 17.5. The van der Waals surface area contributed by atoms with E-state index in [0.717, 1.165) is 35.7 Å². The largest absolute Gasteiger partial charge is 0.332 e. The Morgan fingerprint density at radius 3 is 2.39 bits per heavy atom. The third-order valence-corrected chi connectivity index (χ3v) is 4.15. The first-order valence-corrected chi connectivity index (χ1v) is 8.66. The number of rotatable bonds is 6. The zero-order chi connectivity index (χ0) is 16.8. The van der Waals surface area contributed by atoms with Crippen molar-refractivity contribution in [1.82, 2.24) is 9.78 Å². The van der Waals surface area contributed by atoms with Gasteiger partial charge >= 0.3 is 0 Å². The number of hydrogen-bond acceptors (Lipinski definition) is 2. The van der Waals surface area contributed by atoms with Gasteiger partial charge in [-0.3, -0.25) is 4.68 Å². The molecule has 124 valence electrons. The predicted molar refractivity (Wildman–Crippen MR) is 102 cm³/mol. The van der Waals surface area contributed by atoms with Gasteiger partial charge in [0.05, 0.1) is 17.1 Å². The van der Waals surface area contributed by atoms with Gasteiger partial charge in [-0.2, -0.15) is 5.10 Å². The van der Waals surface area contributed by atoms with Gasteiger partial charge < -0.3 is 10.6 Å². The normalized spacial score (nSPS) is 10.6. The van der Waals surface area contributed by atoms with E-state index in [9.17, 15) is 0 Å². The van der Waals surface area contributed by atoms with Crippen molar-refractivity contribution in [3.8, 4) is 0 Å². The molecular weight excluding hydrogens is 304 g/mol. The molecule has 0 atom stereocenters. The average molecular weight is 331 g/mol. The predicted octanol–water partition coefficient (Wildman–Crippen LogP) is 4.67. The topological polar surface area (TPSA) is 41.9 Å². The Hall–Kier alpha value is -1.88. The van der Waals surface area contributed by atoms with Crippen LogP contribution in [0.5, 0.6) is 0 Å². The van der Waals surface area contributed by atoms with Crippen LogP contribution >= 0.6 is 12.2 Å². The lowest BCUT2D eigenvalue weighted by atomic mass is 10.1. The molecule has 0 aliphatic carbocycles. The number of thiocarbonyl (C=S) groups is 1. The Labute approximate surface area is 144 Å². The van der Waals surface area contributed by atoms with Gasteiger partial charge in [0.1, 0.15) is 0 Å². The molecule has 0 saturated carbocycles. The highest BCUT2D eigenvalue weighted by molar-refractivity contribution is 7.80. The van der Waals surface area contributed by atoms with Crippen LogP contribution in [0, 0.1) is 13.8 Å². The van der Waals surface area contributed by atoms with Crippen LogP contribution in [0.3, 0.4) is 0 Å². The summed E-state index contributed by atoms with van der Waals surface area (Å²) >= 11 is 5.43. The van der Waals surface area contributed by atoms with Crippen molar-refractivity contribution in [2.45, 2.75) is 53.5 Å². The quantitative estimate of drug-likeness (QED) is 0.755. The standard InChI is InChI=1S/C18H26N4S/c1-5-7-8-15-9-11-16(12-10-15)19-18(23)20-17-13(3)21-22(6-2)14(17)4/h9-12H,5-8H2,1-4H3,(H2,19,20,23). The summed E-state index contributed by atoms with van der Waals surface area (Å²) in [6, 6.07) is 8.47. The van der Waals surface area contributed by atoms with Crippen molar-refractivity contribution in [3.63, 3.8) is 0 Å². The Bertz CT molecular complexity index is 658. The molecule has 2 aromatic rings. The van der Waals surface area contributed by atoms with Crippen molar-refractivity contribution in [2.24, 2.45) is 0 Å². The number of anilines is 2. The summed E-state index contributed by atoms with van der Waals surface area (Å²) in [7, 11) is 0. The lowest BCUT2D eigenvalue weighted by Gasteiger charge is -2.11. The first-order chi connectivity index (χ1) is 11.0. The summed E-state index contributed by atoms with van der Waals surface area (Å²) in [4.78, 5) is 0. The summed E-state index contributed by atoms with van der Waals surface area (Å²) in [6.45, 7) is 9.20. The second kappa shape index (κ2) is 8.11. The SMILES string of the molecule is CCCCc1ccc(NC(=S)Nc2c(C)nn(CC)c2C)cc1. The van der Waals surface area contributed by atoms with E-state index in [0.29, 0.717) is 5.11 Å². The van der Waals surface area contributed by atoms with Crippen LogP contribution in [-0.4, -0.2) is 14.9 Å². The fraction of sp³-hybridized carbons (Fsp3) is 0.444. The fourth-order valence-electron chi connectivity index (χ4n) is 2.60. The zero-order valence-corrected chi connectivity index (χ0v) is 15.3. The molecule has 2 N–H and O–H groups in total. The van der Waals surface area contributed by atoms with Crippen LogP contribution in [-0.2, 0) is 13.0 Å². The molecule has 2 rings (SSSR count). The van der Waals surface area contributed by atoms with Crippen LogP contribution in [0.2, 0.25) is 0 Å². The average Bonchev–Trinajstić information content (AvgIpc) is 2.81. The van der Waals surface area contributed by atoms with Gasteiger partial charge in [0, 0.05) is 12.2 Å². The lowest BCUT2D eigenvalue weighted by molar-refractivity contribution is 0.634. The molecule has 1 aromatic heterocycles. The minimum absolute atomic E-state index is 0.591. The Kier molecular flexibility index (Phi) is 6.16. The fourth-order valence-corrected chi connectivity index (χ4v) is 2.82. The van der Waals surface area contributed by atoms with Crippen molar-refractivity contribution < 1.29 is 0 Å². The smallest absolute Gasteiger partial charge is 0.175 e. The van der Waals surface area contributed by atoms with Gasteiger partial charge in [-0.1, -0.05) is 25.5 Å². The number of nitrogens with one attached hydrogen (secondary N) is 2. The number of aryl methyl sites for hydroxylation is 3. The summed E-state index contributed by atoms with van der Waals surface area (Å²) in [5, 5.41) is 11.6. The molecule has 1 heterocycles. The first-order valence-electron chi connectivity index (χ1n) is 8.26.